The Balaban J connectivity index is 1.76. The minimum absolute atomic E-state index is 0.171. The Morgan fingerprint density at radius 3 is 1.34 bits per heavy atom. The Kier molecular flexibility index (Phi) is 4.54. The van der Waals surface area contributed by atoms with Crippen LogP contribution in [0.15, 0.2) is 84.9 Å². The van der Waals surface area contributed by atoms with Crippen LogP contribution in [0.2, 0.25) is 0 Å². The van der Waals surface area contributed by atoms with Gasteiger partial charge in [-0.3, -0.25) is 0 Å². The van der Waals surface area contributed by atoms with E-state index in [9.17, 15) is 15.3 Å². The van der Waals surface area contributed by atoms with Gasteiger partial charge in [0.2, 0.25) is 0 Å². The lowest BCUT2D eigenvalue weighted by atomic mass is 9.52. The molecule has 3 N–H and O–H groups in total. The molecule has 0 amide bonds. The first-order chi connectivity index (χ1) is 14.1. The van der Waals surface area contributed by atoms with Gasteiger partial charge in [0.1, 0.15) is 0 Å². The van der Waals surface area contributed by atoms with Crippen LogP contribution in [0.4, 0.5) is 0 Å². The molecule has 0 heterocycles. The normalized spacial score (nSPS) is 33.6. The molecule has 5 rings (SSSR count). The maximum Gasteiger partial charge on any atom is 0.0889 e. The molecular formula is C26H26O3. The van der Waals surface area contributed by atoms with Crippen molar-refractivity contribution < 1.29 is 15.3 Å². The van der Waals surface area contributed by atoms with Gasteiger partial charge in [-0.05, 0) is 46.9 Å². The summed E-state index contributed by atoms with van der Waals surface area (Å²) in [6, 6.07) is 27.8. The number of rotatable bonds is 2. The SMILES string of the molecule is OC1CC(c2ccccc2)C2(C(O)c3ccccc3C2O)C(c2ccccc2)C1. The van der Waals surface area contributed by atoms with Gasteiger partial charge in [0, 0.05) is 5.41 Å². The standard InChI is InChI=1S/C26H26O3/c27-19-15-22(17-9-3-1-4-10-17)26(23(16-19)18-11-5-2-6-12-18)24(28)20-13-7-8-14-21(20)25(26)29/h1-14,19,22-25,27-29H,15-16H2. The lowest BCUT2D eigenvalue weighted by Gasteiger charge is -2.53. The van der Waals surface area contributed by atoms with Crippen LogP contribution in [0.25, 0.3) is 0 Å². The van der Waals surface area contributed by atoms with Crippen LogP contribution in [0.1, 0.15) is 59.1 Å². The third-order valence-corrected chi connectivity index (χ3v) is 7.16. The molecule has 0 aliphatic heterocycles. The number of fused-ring (bicyclic) bond motifs is 1. The van der Waals surface area contributed by atoms with Gasteiger partial charge in [-0.1, -0.05) is 84.9 Å². The number of aliphatic hydroxyl groups is 3. The predicted molar refractivity (Wildman–Crippen MR) is 112 cm³/mol. The molecular weight excluding hydrogens is 360 g/mol. The van der Waals surface area contributed by atoms with Gasteiger partial charge in [0.15, 0.2) is 0 Å². The van der Waals surface area contributed by atoms with Crippen molar-refractivity contribution in [1.29, 1.82) is 0 Å². The highest BCUT2D eigenvalue weighted by molar-refractivity contribution is 5.46. The van der Waals surface area contributed by atoms with Gasteiger partial charge in [0.25, 0.3) is 0 Å². The van der Waals surface area contributed by atoms with Crippen LogP contribution in [0.5, 0.6) is 0 Å². The minimum atomic E-state index is -0.828. The first kappa shape index (κ1) is 18.6. The summed E-state index contributed by atoms with van der Waals surface area (Å²) in [7, 11) is 0. The molecule has 1 spiro atoms. The summed E-state index contributed by atoms with van der Waals surface area (Å²) in [5, 5.41) is 34.3. The van der Waals surface area contributed by atoms with Crippen molar-refractivity contribution in [3.63, 3.8) is 0 Å². The maximum absolute atomic E-state index is 11.7. The molecule has 0 aromatic heterocycles. The topological polar surface area (TPSA) is 60.7 Å². The Hall–Kier alpha value is -2.46. The largest absolute Gasteiger partial charge is 0.393 e. The predicted octanol–water partition coefficient (Wildman–Crippen LogP) is 4.48. The summed E-state index contributed by atoms with van der Waals surface area (Å²) in [5.41, 5.74) is 2.89. The van der Waals surface area contributed by atoms with E-state index in [4.69, 9.17) is 0 Å². The van der Waals surface area contributed by atoms with E-state index in [-0.39, 0.29) is 11.8 Å². The smallest absolute Gasteiger partial charge is 0.0889 e. The van der Waals surface area contributed by atoms with Crippen LogP contribution in [0, 0.1) is 5.41 Å². The van der Waals surface area contributed by atoms with Crippen molar-refractivity contribution in [3.05, 3.63) is 107 Å². The Morgan fingerprint density at radius 2 is 0.931 bits per heavy atom. The molecule has 4 atom stereocenters. The fraction of sp³-hybridized carbons (Fsp3) is 0.308. The Morgan fingerprint density at radius 1 is 0.552 bits per heavy atom. The van der Waals surface area contributed by atoms with Crippen molar-refractivity contribution in [3.8, 4) is 0 Å². The van der Waals surface area contributed by atoms with E-state index in [0.717, 1.165) is 22.3 Å². The van der Waals surface area contributed by atoms with Gasteiger partial charge in [-0.15, -0.1) is 0 Å². The van der Waals surface area contributed by atoms with Gasteiger partial charge < -0.3 is 15.3 Å². The molecule has 0 saturated heterocycles. The molecule has 3 aromatic rings. The fourth-order valence-corrected chi connectivity index (χ4v) is 5.97. The van der Waals surface area contributed by atoms with Crippen molar-refractivity contribution in [2.24, 2.45) is 5.41 Å². The molecule has 3 heteroatoms. The average molecular weight is 386 g/mol. The fourth-order valence-electron chi connectivity index (χ4n) is 5.97. The monoisotopic (exact) mass is 386 g/mol. The summed E-state index contributed by atoms with van der Waals surface area (Å²) >= 11 is 0. The van der Waals surface area contributed by atoms with E-state index in [1.807, 2.05) is 60.7 Å². The van der Waals surface area contributed by atoms with Gasteiger partial charge in [0.05, 0.1) is 18.3 Å². The van der Waals surface area contributed by atoms with Crippen molar-refractivity contribution in [1.82, 2.24) is 0 Å². The van der Waals surface area contributed by atoms with Crippen LogP contribution >= 0.6 is 0 Å². The molecule has 148 valence electrons. The van der Waals surface area contributed by atoms with Crippen LogP contribution < -0.4 is 0 Å². The van der Waals surface area contributed by atoms with E-state index >= 15 is 0 Å². The van der Waals surface area contributed by atoms with E-state index in [1.54, 1.807) is 0 Å². The van der Waals surface area contributed by atoms with Crippen LogP contribution in [-0.2, 0) is 0 Å². The van der Waals surface area contributed by atoms with Crippen molar-refractivity contribution in [2.75, 3.05) is 0 Å². The summed E-state index contributed by atoms with van der Waals surface area (Å²) in [4.78, 5) is 0. The molecule has 4 unspecified atom stereocenters. The van der Waals surface area contributed by atoms with Gasteiger partial charge in [-0.25, -0.2) is 0 Å². The van der Waals surface area contributed by atoms with Crippen LogP contribution in [0.3, 0.4) is 0 Å². The second kappa shape index (κ2) is 7.10. The average Bonchev–Trinajstić information content (AvgIpc) is 2.99. The number of aliphatic hydroxyl groups excluding tert-OH is 3. The van der Waals surface area contributed by atoms with E-state index in [0.29, 0.717) is 12.8 Å². The number of benzene rings is 3. The quantitative estimate of drug-likeness (QED) is 0.609. The highest BCUT2D eigenvalue weighted by Gasteiger charge is 2.63. The zero-order chi connectivity index (χ0) is 20.0. The lowest BCUT2D eigenvalue weighted by Crippen LogP contribution is -2.48. The molecule has 1 fully saturated rings. The third kappa shape index (κ3) is 2.69. The minimum Gasteiger partial charge on any atom is -0.393 e. The molecule has 3 aromatic carbocycles. The van der Waals surface area contributed by atoms with E-state index < -0.39 is 23.7 Å². The number of hydrogen-bond donors (Lipinski definition) is 3. The molecule has 2 aliphatic rings. The van der Waals surface area contributed by atoms with Gasteiger partial charge in [-0.2, -0.15) is 0 Å². The zero-order valence-corrected chi connectivity index (χ0v) is 16.2. The Bertz CT molecular complexity index is 905. The summed E-state index contributed by atoms with van der Waals surface area (Å²) in [6.45, 7) is 0. The maximum atomic E-state index is 11.7. The molecule has 29 heavy (non-hydrogen) atoms. The van der Waals surface area contributed by atoms with Crippen LogP contribution in [-0.4, -0.2) is 21.4 Å². The third-order valence-electron chi connectivity index (χ3n) is 7.16. The molecule has 0 radical (unpaired) electrons. The van der Waals surface area contributed by atoms with Crippen molar-refractivity contribution >= 4 is 0 Å². The first-order valence-electron chi connectivity index (χ1n) is 10.4. The second-order valence-corrected chi connectivity index (χ2v) is 8.49. The summed E-state index contributed by atoms with van der Waals surface area (Å²) in [5.74, 6) is -0.342. The lowest BCUT2D eigenvalue weighted by molar-refractivity contribution is -0.124. The van der Waals surface area contributed by atoms with Gasteiger partial charge >= 0.3 is 0 Å². The number of hydrogen-bond acceptors (Lipinski definition) is 3. The van der Waals surface area contributed by atoms with Crippen molar-refractivity contribution in [2.45, 2.75) is 43.0 Å². The summed E-state index contributed by atoms with van der Waals surface area (Å²) < 4.78 is 0. The molecule has 0 bridgehead atoms. The zero-order valence-electron chi connectivity index (χ0n) is 16.2. The van der Waals surface area contributed by atoms with E-state index in [1.165, 1.54) is 0 Å². The molecule has 3 nitrogen and oxygen atoms in total. The first-order valence-corrected chi connectivity index (χ1v) is 10.4. The summed E-state index contributed by atoms with van der Waals surface area (Å²) in [6.07, 6.45) is -1.06. The highest BCUT2D eigenvalue weighted by atomic mass is 16.3. The second-order valence-electron chi connectivity index (χ2n) is 8.49. The molecule has 2 aliphatic carbocycles. The van der Waals surface area contributed by atoms with E-state index in [2.05, 4.69) is 24.3 Å². The highest BCUT2D eigenvalue weighted by Crippen LogP contribution is 2.69. The Labute approximate surface area is 171 Å². The molecule has 1 saturated carbocycles.